The van der Waals surface area contributed by atoms with Crippen LogP contribution in [0.15, 0.2) is 53.4 Å². The Bertz CT molecular complexity index is 833. The summed E-state index contributed by atoms with van der Waals surface area (Å²) in [6.45, 7) is -0.111. The van der Waals surface area contributed by atoms with Gasteiger partial charge in [0.1, 0.15) is 5.92 Å². The van der Waals surface area contributed by atoms with Gasteiger partial charge in [-0.3, -0.25) is 9.10 Å². The number of benzene rings is 2. The van der Waals surface area contributed by atoms with Gasteiger partial charge in [0.15, 0.2) is 0 Å². The molecule has 2 aromatic rings. The standard InChI is InChI=1S/C15H12ClNO4S/c16-10-5-7-11(8-6-10)22(20,21)17-9-13(15(18)19)12-3-1-2-4-14(12)17/h1-8,13H,9H2,(H,18,19)/t13-/m1/s1. The Morgan fingerprint density at radius 2 is 1.77 bits per heavy atom. The molecule has 3 rings (SSSR count). The normalized spacial score (nSPS) is 17.3. The van der Waals surface area contributed by atoms with Gasteiger partial charge in [-0.15, -0.1) is 0 Å². The van der Waals surface area contributed by atoms with Crippen molar-refractivity contribution in [1.29, 1.82) is 0 Å². The van der Waals surface area contributed by atoms with E-state index in [1.54, 1.807) is 24.3 Å². The minimum Gasteiger partial charge on any atom is -0.481 e. The predicted molar refractivity (Wildman–Crippen MR) is 82.8 cm³/mol. The van der Waals surface area contributed by atoms with Crippen molar-refractivity contribution in [3.8, 4) is 0 Å². The smallest absolute Gasteiger partial charge is 0.312 e. The van der Waals surface area contributed by atoms with Crippen molar-refractivity contribution < 1.29 is 18.3 Å². The predicted octanol–water partition coefficient (Wildman–Crippen LogP) is 2.72. The number of sulfonamides is 1. The van der Waals surface area contributed by atoms with Crippen LogP contribution in [0.5, 0.6) is 0 Å². The topological polar surface area (TPSA) is 74.7 Å². The first kappa shape index (κ1) is 14.9. The van der Waals surface area contributed by atoms with Crippen molar-refractivity contribution in [2.75, 3.05) is 10.8 Å². The van der Waals surface area contributed by atoms with Gasteiger partial charge in [0.05, 0.1) is 17.1 Å². The van der Waals surface area contributed by atoms with E-state index >= 15 is 0 Å². The first-order chi connectivity index (χ1) is 10.4. The van der Waals surface area contributed by atoms with Gasteiger partial charge in [-0.1, -0.05) is 29.8 Å². The highest BCUT2D eigenvalue weighted by atomic mass is 35.5. The van der Waals surface area contributed by atoms with Crippen molar-refractivity contribution in [2.45, 2.75) is 10.8 Å². The third-order valence-corrected chi connectivity index (χ3v) is 5.67. The molecule has 7 heteroatoms. The molecular formula is C15H12ClNO4S. The summed E-state index contributed by atoms with van der Waals surface area (Å²) in [4.78, 5) is 11.5. The summed E-state index contributed by atoms with van der Waals surface area (Å²) in [7, 11) is -3.82. The molecular weight excluding hydrogens is 326 g/mol. The molecule has 1 heterocycles. The van der Waals surface area contributed by atoms with Crippen LogP contribution in [0.25, 0.3) is 0 Å². The van der Waals surface area contributed by atoms with E-state index < -0.39 is 21.9 Å². The van der Waals surface area contributed by atoms with Crippen molar-refractivity contribution in [1.82, 2.24) is 0 Å². The third kappa shape index (κ3) is 2.34. The van der Waals surface area contributed by atoms with E-state index in [9.17, 15) is 18.3 Å². The van der Waals surface area contributed by atoms with E-state index in [0.717, 1.165) is 4.31 Å². The average molecular weight is 338 g/mol. The van der Waals surface area contributed by atoms with E-state index in [2.05, 4.69) is 0 Å². The van der Waals surface area contributed by atoms with E-state index in [1.807, 2.05) is 0 Å². The molecule has 0 aromatic heterocycles. The Balaban J connectivity index is 2.09. The molecule has 0 saturated heterocycles. The fraction of sp³-hybridized carbons (Fsp3) is 0.133. The van der Waals surface area contributed by atoms with Crippen molar-refractivity contribution in [3.05, 3.63) is 59.1 Å². The molecule has 1 N–H and O–H groups in total. The van der Waals surface area contributed by atoms with Gasteiger partial charge >= 0.3 is 5.97 Å². The lowest BCUT2D eigenvalue weighted by molar-refractivity contribution is -0.138. The summed E-state index contributed by atoms with van der Waals surface area (Å²) in [5.74, 6) is -1.90. The summed E-state index contributed by atoms with van der Waals surface area (Å²) >= 11 is 5.78. The van der Waals surface area contributed by atoms with Crippen molar-refractivity contribution in [2.24, 2.45) is 0 Å². The van der Waals surface area contributed by atoms with Crippen LogP contribution < -0.4 is 4.31 Å². The van der Waals surface area contributed by atoms with Crippen LogP contribution in [0.1, 0.15) is 11.5 Å². The highest BCUT2D eigenvalue weighted by molar-refractivity contribution is 7.92. The molecule has 1 atom stereocenters. The summed E-state index contributed by atoms with van der Waals surface area (Å²) < 4.78 is 26.7. The lowest BCUT2D eigenvalue weighted by atomic mass is 10.0. The van der Waals surface area contributed by atoms with Crippen LogP contribution in [0.3, 0.4) is 0 Å². The molecule has 0 amide bonds. The van der Waals surface area contributed by atoms with Crippen LogP contribution in [-0.4, -0.2) is 26.0 Å². The maximum absolute atomic E-state index is 12.8. The quantitative estimate of drug-likeness (QED) is 0.934. The first-order valence-electron chi connectivity index (χ1n) is 6.51. The highest BCUT2D eigenvalue weighted by Gasteiger charge is 2.39. The molecule has 22 heavy (non-hydrogen) atoms. The number of anilines is 1. The Hall–Kier alpha value is -2.05. The molecule has 0 spiro atoms. The Morgan fingerprint density at radius 3 is 2.41 bits per heavy atom. The fourth-order valence-corrected chi connectivity index (χ4v) is 4.18. The number of halogens is 1. The molecule has 114 valence electrons. The minimum absolute atomic E-state index is 0.0812. The van der Waals surface area contributed by atoms with Gasteiger partial charge in [-0.2, -0.15) is 0 Å². The molecule has 0 radical (unpaired) electrons. The zero-order chi connectivity index (χ0) is 15.9. The van der Waals surface area contributed by atoms with Gasteiger partial charge in [-0.05, 0) is 35.9 Å². The zero-order valence-electron chi connectivity index (χ0n) is 11.3. The summed E-state index contributed by atoms with van der Waals surface area (Å²) in [6.07, 6.45) is 0. The maximum Gasteiger partial charge on any atom is 0.312 e. The second-order valence-corrected chi connectivity index (χ2v) is 7.24. The SMILES string of the molecule is O=C(O)[C@@H]1CN(S(=O)(=O)c2ccc(Cl)cc2)c2ccccc21. The second kappa shape index (κ2) is 5.30. The second-order valence-electron chi connectivity index (χ2n) is 4.94. The van der Waals surface area contributed by atoms with E-state index in [4.69, 9.17) is 11.6 Å². The first-order valence-corrected chi connectivity index (χ1v) is 8.33. The number of carboxylic acid groups (broad SMARTS) is 1. The van der Waals surface area contributed by atoms with Crippen molar-refractivity contribution >= 4 is 33.3 Å². The number of hydrogen-bond donors (Lipinski definition) is 1. The Labute approximate surface area is 132 Å². The van der Waals surface area contributed by atoms with Gasteiger partial charge in [0.25, 0.3) is 10.0 Å². The van der Waals surface area contributed by atoms with Crippen molar-refractivity contribution in [3.63, 3.8) is 0 Å². The number of hydrogen-bond acceptors (Lipinski definition) is 3. The zero-order valence-corrected chi connectivity index (χ0v) is 12.9. The Morgan fingerprint density at radius 1 is 1.14 bits per heavy atom. The van der Waals surface area contributed by atoms with Crippen LogP contribution >= 0.6 is 11.6 Å². The molecule has 5 nitrogen and oxygen atoms in total. The molecule has 0 aliphatic carbocycles. The number of para-hydroxylation sites is 1. The van der Waals surface area contributed by atoms with Gasteiger partial charge in [-0.25, -0.2) is 8.42 Å². The van der Waals surface area contributed by atoms with E-state index in [0.29, 0.717) is 16.3 Å². The summed E-state index contributed by atoms with van der Waals surface area (Å²) in [5.41, 5.74) is 0.914. The van der Waals surface area contributed by atoms with Gasteiger partial charge in [0, 0.05) is 5.02 Å². The summed E-state index contributed by atoms with van der Waals surface area (Å²) in [6, 6.07) is 12.5. The number of carbonyl (C=O) groups is 1. The van der Waals surface area contributed by atoms with Crippen LogP contribution in [0, 0.1) is 0 Å². The average Bonchev–Trinajstić information content (AvgIpc) is 2.88. The monoisotopic (exact) mass is 337 g/mol. The molecule has 2 aromatic carbocycles. The third-order valence-electron chi connectivity index (χ3n) is 3.63. The van der Waals surface area contributed by atoms with Crippen LogP contribution in [0.2, 0.25) is 5.02 Å². The molecule has 0 saturated carbocycles. The number of carboxylic acids is 1. The van der Waals surface area contributed by atoms with Gasteiger partial charge < -0.3 is 5.11 Å². The Kier molecular flexibility index (Phi) is 3.58. The number of aliphatic carboxylic acids is 1. The van der Waals surface area contributed by atoms with Gasteiger partial charge in [0.2, 0.25) is 0 Å². The molecule has 1 aliphatic heterocycles. The van der Waals surface area contributed by atoms with Crippen LogP contribution in [-0.2, 0) is 14.8 Å². The molecule has 1 aliphatic rings. The maximum atomic E-state index is 12.8. The number of fused-ring (bicyclic) bond motifs is 1. The summed E-state index contributed by atoms with van der Waals surface area (Å²) in [5, 5.41) is 9.75. The van der Waals surface area contributed by atoms with E-state index in [1.165, 1.54) is 24.3 Å². The van der Waals surface area contributed by atoms with E-state index in [-0.39, 0.29) is 11.4 Å². The highest BCUT2D eigenvalue weighted by Crippen LogP contribution is 2.39. The molecule has 0 fully saturated rings. The van der Waals surface area contributed by atoms with Crippen LogP contribution in [0.4, 0.5) is 5.69 Å². The molecule has 0 bridgehead atoms. The minimum atomic E-state index is -3.82. The largest absolute Gasteiger partial charge is 0.481 e. The lowest BCUT2D eigenvalue weighted by Gasteiger charge is -2.19. The lowest BCUT2D eigenvalue weighted by Crippen LogP contribution is -2.31. The molecule has 0 unspecified atom stereocenters. The fourth-order valence-electron chi connectivity index (χ4n) is 2.54. The number of nitrogens with zero attached hydrogens (tertiary/aromatic N) is 1. The number of rotatable bonds is 3.